The van der Waals surface area contributed by atoms with Crippen LogP contribution in [-0.2, 0) is 17.6 Å². The Morgan fingerprint density at radius 3 is 2.45 bits per heavy atom. The molecule has 29 heavy (non-hydrogen) atoms. The zero-order chi connectivity index (χ0) is 20.4. The maximum absolute atomic E-state index is 13.2. The number of carboxylic acids is 1. The van der Waals surface area contributed by atoms with E-state index in [9.17, 15) is 29.1 Å². The van der Waals surface area contributed by atoms with Crippen molar-refractivity contribution in [2.24, 2.45) is 5.92 Å². The van der Waals surface area contributed by atoms with Gasteiger partial charge in [0.05, 0.1) is 11.5 Å². The number of aromatic carboxylic acids is 1. The van der Waals surface area contributed by atoms with Gasteiger partial charge in [-0.05, 0) is 59.9 Å². The number of allylic oxidation sites excluding steroid dienone is 2. The number of carbonyl (C=O) groups excluding carboxylic acids is 4. The third-order valence-corrected chi connectivity index (χ3v) is 6.04. The number of hydrogen-bond donors (Lipinski definition) is 1. The lowest BCUT2D eigenvalue weighted by Crippen LogP contribution is -2.43. The van der Waals surface area contributed by atoms with Crippen molar-refractivity contribution >= 4 is 29.1 Å². The molecule has 0 saturated heterocycles. The van der Waals surface area contributed by atoms with Crippen LogP contribution < -0.4 is 0 Å². The molecular weight excluding hydrogens is 372 g/mol. The first-order valence-electron chi connectivity index (χ1n) is 9.23. The summed E-state index contributed by atoms with van der Waals surface area (Å²) in [5.41, 5.74) is 2.87. The Labute approximate surface area is 164 Å². The first-order chi connectivity index (χ1) is 13.9. The molecule has 5 rings (SSSR count). The number of hydrogen-bond acceptors (Lipinski definition) is 5. The molecule has 1 N–H and O–H groups in total. The van der Waals surface area contributed by atoms with Crippen LogP contribution in [0.2, 0.25) is 0 Å². The number of carboxylic acid groups (broad SMARTS) is 1. The lowest BCUT2D eigenvalue weighted by Gasteiger charge is -2.35. The highest BCUT2D eigenvalue weighted by atomic mass is 16.4. The summed E-state index contributed by atoms with van der Waals surface area (Å²) in [7, 11) is 0. The molecule has 2 atom stereocenters. The van der Waals surface area contributed by atoms with Gasteiger partial charge in [0.15, 0.2) is 11.6 Å². The van der Waals surface area contributed by atoms with Crippen LogP contribution in [0.5, 0.6) is 0 Å². The lowest BCUT2D eigenvalue weighted by atomic mass is 9.64. The molecule has 2 aromatic rings. The van der Waals surface area contributed by atoms with E-state index < -0.39 is 35.2 Å². The molecule has 6 heteroatoms. The maximum Gasteiger partial charge on any atom is 0.335 e. The van der Waals surface area contributed by atoms with E-state index in [1.807, 2.05) is 6.07 Å². The molecule has 0 spiro atoms. The molecule has 0 amide bonds. The van der Waals surface area contributed by atoms with Crippen LogP contribution in [0.3, 0.4) is 0 Å². The van der Waals surface area contributed by atoms with Gasteiger partial charge in [-0.3, -0.25) is 19.2 Å². The Hall–Kier alpha value is -3.67. The summed E-state index contributed by atoms with van der Waals surface area (Å²) >= 11 is 0. The van der Waals surface area contributed by atoms with E-state index in [4.69, 9.17) is 0 Å². The molecule has 0 heterocycles. The second-order valence-electron chi connectivity index (χ2n) is 7.59. The van der Waals surface area contributed by atoms with E-state index >= 15 is 0 Å². The van der Waals surface area contributed by atoms with E-state index in [0.717, 1.165) is 5.56 Å². The number of Topliss-reactive ketones (excluding diaryl/α,β-unsaturated/α-hetero) is 3. The molecule has 0 bridgehead atoms. The minimum absolute atomic E-state index is 0.00377. The van der Waals surface area contributed by atoms with Gasteiger partial charge in [-0.1, -0.05) is 12.1 Å². The third kappa shape index (κ3) is 2.38. The molecule has 142 valence electrons. The van der Waals surface area contributed by atoms with Crippen LogP contribution >= 0.6 is 0 Å². The first-order valence-corrected chi connectivity index (χ1v) is 9.23. The first kappa shape index (κ1) is 17.4. The van der Waals surface area contributed by atoms with Gasteiger partial charge in [-0.25, -0.2) is 4.79 Å². The van der Waals surface area contributed by atoms with Crippen LogP contribution in [0.4, 0.5) is 0 Å². The highest BCUT2D eigenvalue weighted by molar-refractivity contribution is 6.49. The zero-order valence-electron chi connectivity index (χ0n) is 15.1. The maximum atomic E-state index is 13.2. The molecule has 0 saturated carbocycles. The van der Waals surface area contributed by atoms with Crippen LogP contribution in [-0.4, -0.2) is 34.2 Å². The highest BCUT2D eigenvalue weighted by Crippen LogP contribution is 2.43. The van der Waals surface area contributed by atoms with Crippen molar-refractivity contribution in [2.75, 3.05) is 0 Å². The molecule has 0 aliphatic heterocycles. The molecular formula is C23H14O6. The fourth-order valence-corrected chi connectivity index (χ4v) is 4.65. The van der Waals surface area contributed by atoms with Crippen molar-refractivity contribution in [3.63, 3.8) is 0 Å². The van der Waals surface area contributed by atoms with E-state index in [0.29, 0.717) is 35.1 Å². The number of ketones is 4. The molecule has 0 radical (unpaired) electrons. The quantitative estimate of drug-likeness (QED) is 0.597. The summed E-state index contributed by atoms with van der Waals surface area (Å²) in [4.78, 5) is 62.1. The molecule has 0 fully saturated rings. The largest absolute Gasteiger partial charge is 0.478 e. The second kappa shape index (κ2) is 5.91. The Morgan fingerprint density at radius 2 is 1.69 bits per heavy atom. The van der Waals surface area contributed by atoms with Gasteiger partial charge < -0.3 is 5.11 Å². The predicted molar refractivity (Wildman–Crippen MR) is 101 cm³/mol. The Kier molecular flexibility index (Phi) is 3.55. The van der Waals surface area contributed by atoms with Gasteiger partial charge in [0, 0.05) is 22.6 Å². The van der Waals surface area contributed by atoms with Crippen LogP contribution in [0.1, 0.15) is 64.0 Å². The summed E-state index contributed by atoms with van der Waals surface area (Å²) < 4.78 is 0. The third-order valence-electron chi connectivity index (χ3n) is 6.04. The number of carbonyl (C=O) groups is 5. The molecule has 3 aliphatic carbocycles. The van der Waals surface area contributed by atoms with Crippen LogP contribution in [0.15, 0.2) is 42.5 Å². The van der Waals surface area contributed by atoms with Crippen molar-refractivity contribution in [1.29, 1.82) is 0 Å². The zero-order valence-corrected chi connectivity index (χ0v) is 15.1. The van der Waals surface area contributed by atoms with E-state index in [2.05, 4.69) is 0 Å². The molecule has 2 unspecified atom stereocenters. The number of rotatable bonds is 1. The molecule has 3 aliphatic rings. The van der Waals surface area contributed by atoms with Gasteiger partial charge in [-0.2, -0.15) is 0 Å². The fraction of sp³-hybridized carbons (Fsp3) is 0.174. The van der Waals surface area contributed by atoms with Crippen LogP contribution in [0.25, 0.3) is 0 Å². The van der Waals surface area contributed by atoms with Gasteiger partial charge in [-0.15, -0.1) is 0 Å². The molecule has 2 aromatic carbocycles. The van der Waals surface area contributed by atoms with Crippen LogP contribution in [0, 0.1) is 5.92 Å². The Balaban J connectivity index is 1.70. The Morgan fingerprint density at radius 1 is 0.897 bits per heavy atom. The van der Waals surface area contributed by atoms with Gasteiger partial charge in [0.25, 0.3) is 0 Å². The summed E-state index contributed by atoms with van der Waals surface area (Å²) in [6.45, 7) is 0. The minimum atomic E-state index is -1.18. The van der Waals surface area contributed by atoms with Crippen molar-refractivity contribution in [3.05, 3.63) is 81.4 Å². The highest BCUT2D eigenvalue weighted by Gasteiger charge is 2.48. The van der Waals surface area contributed by atoms with E-state index in [1.165, 1.54) is 30.3 Å². The number of fused-ring (bicyclic) bond motifs is 5. The monoisotopic (exact) mass is 386 g/mol. The predicted octanol–water partition coefficient (Wildman–Crippen LogP) is 2.58. The average molecular weight is 386 g/mol. The van der Waals surface area contributed by atoms with Crippen molar-refractivity contribution in [1.82, 2.24) is 0 Å². The van der Waals surface area contributed by atoms with Gasteiger partial charge in [0.1, 0.15) is 0 Å². The summed E-state index contributed by atoms with van der Waals surface area (Å²) in [6, 6.07) is 7.39. The average Bonchev–Trinajstić information content (AvgIpc) is 2.70. The SMILES string of the molecule is O=C(O)c1ccc2c(c1)C1Cc3cc4c(cc3C(=O)C1C(=O)C2=O)C(=O)C=CC4. The summed E-state index contributed by atoms with van der Waals surface area (Å²) in [5.74, 6) is -5.13. The van der Waals surface area contributed by atoms with Crippen molar-refractivity contribution in [2.45, 2.75) is 18.8 Å². The lowest BCUT2D eigenvalue weighted by molar-refractivity contribution is -0.118. The molecule has 0 aromatic heterocycles. The van der Waals surface area contributed by atoms with Crippen molar-refractivity contribution < 1.29 is 29.1 Å². The van der Waals surface area contributed by atoms with Gasteiger partial charge >= 0.3 is 5.97 Å². The minimum Gasteiger partial charge on any atom is -0.478 e. The van der Waals surface area contributed by atoms with Gasteiger partial charge in [0.2, 0.25) is 11.6 Å². The van der Waals surface area contributed by atoms with Crippen molar-refractivity contribution in [3.8, 4) is 0 Å². The number of benzene rings is 2. The smallest absolute Gasteiger partial charge is 0.335 e. The topological polar surface area (TPSA) is 106 Å². The molecule has 6 nitrogen and oxygen atoms in total. The summed E-state index contributed by atoms with van der Waals surface area (Å²) in [5, 5.41) is 9.31. The fourth-order valence-electron chi connectivity index (χ4n) is 4.65. The second-order valence-corrected chi connectivity index (χ2v) is 7.59. The normalized spacial score (nSPS) is 21.9. The van der Waals surface area contributed by atoms with E-state index in [1.54, 1.807) is 6.08 Å². The summed E-state index contributed by atoms with van der Waals surface area (Å²) in [6.07, 6.45) is 4.13. The standard InChI is InChI=1S/C23H14O6/c24-18-3-1-2-10-6-12-8-17-16-7-11(23(28)29)4-5-13(16)21(26)22(27)19(17)20(25)15(12)9-14(10)18/h1,3-7,9,17,19H,2,8H2,(H,28,29). The Bertz CT molecular complexity index is 1220. The van der Waals surface area contributed by atoms with E-state index in [-0.39, 0.29) is 16.9 Å².